The Balaban J connectivity index is 2.17. The van der Waals surface area contributed by atoms with E-state index in [0.29, 0.717) is 17.7 Å². The molecule has 124 valence electrons. The van der Waals surface area contributed by atoms with E-state index in [1.54, 1.807) is 6.07 Å². The Bertz CT molecular complexity index is 1100. The largest absolute Gasteiger partial charge is 0.507 e. The van der Waals surface area contributed by atoms with E-state index in [1.807, 2.05) is 43.3 Å². The van der Waals surface area contributed by atoms with Crippen molar-refractivity contribution in [3.63, 3.8) is 0 Å². The molecule has 5 nitrogen and oxygen atoms in total. The van der Waals surface area contributed by atoms with Crippen LogP contribution in [0.2, 0.25) is 0 Å². The van der Waals surface area contributed by atoms with Gasteiger partial charge in [-0.2, -0.15) is 0 Å². The highest BCUT2D eigenvalue weighted by molar-refractivity contribution is 6.02. The normalized spacial score (nSPS) is 11.1. The summed E-state index contributed by atoms with van der Waals surface area (Å²) >= 11 is 0. The standard InChI is InChI=1S/C20H15NO4/c1-2-12-10-15-14(13-6-4-3-5-7-13)11-17(22)24-20(15)18(19(12)23)16-8-9-21-25-16/h3-11,23H,2H2,1H3. The van der Waals surface area contributed by atoms with Crippen molar-refractivity contribution in [1.29, 1.82) is 0 Å². The average Bonchev–Trinajstić information content (AvgIpc) is 3.15. The van der Waals surface area contributed by atoms with Gasteiger partial charge in [-0.15, -0.1) is 0 Å². The lowest BCUT2D eigenvalue weighted by Gasteiger charge is -2.12. The van der Waals surface area contributed by atoms with Crippen LogP contribution in [0, 0.1) is 0 Å². The highest BCUT2D eigenvalue weighted by atomic mass is 16.5. The summed E-state index contributed by atoms with van der Waals surface area (Å²) in [5.41, 5.74) is 2.54. The maximum absolute atomic E-state index is 12.2. The van der Waals surface area contributed by atoms with Crippen molar-refractivity contribution in [2.45, 2.75) is 13.3 Å². The fourth-order valence-corrected chi connectivity index (χ4v) is 3.04. The molecule has 2 aromatic heterocycles. The lowest BCUT2D eigenvalue weighted by molar-refractivity contribution is 0.424. The van der Waals surface area contributed by atoms with E-state index < -0.39 is 5.63 Å². The van der Waals surface area contributed by atoms with Crippen LogP contribution >= 0.6 is 0 Å². The van der Waals surface area contributed by atoms with E-state index in [0.717, 1.165) is 22.1 Å². The summed E-state index contributed by atoms with van der Waals surface area (Å²) in [6, 6.07) is 14.6. The van der Waals surface area contributed by atoms with Gasteiger partial charge in [-0.3, -0.25) is 0 Å². The van der Waals surface area contributed by atoms with Gasteiger partial charge in [-0.1, -0.05) is 42.4 Å². The minimum Gasteiger partial charge on any atom is -0.507 e. The highest BCUT2D eigenvalue weighted by Gasteiger charge is 2.21. The molecule has 0 aliphatic carbocycles. The topological polar surface area (TPSA) is 76.5 Å². The minimum atomic E-state index is -0.490. The van der Waals surface area contributed by atoms with Crippen LogP contribution in [0.15, 0.2) is 68.5 Å². The number of aromatic hydroxyl groups is 1. The molecule has 4 rings (SSSR count). The third kappa shape index (κ3) is 2.50. The van der Waals surface area contributed by atoms with Crippen molar-refractivity contribution in [3.8, 4) is 28.2 Å². The van der Waals surface area contributed by atoms with Gasteiger partial charge in [0.15, 0.2) is 11.3 Å². The number of aryl methyl sites for hydroxylation is 1. The maximum Gasteiger partial charge on any atom is 0.336 e. The zero-order valence-electron chi connectivity index (χ0n) is 13.5. The van der Waals surface area contributed by atoms with Crippen LogP contribution < -0.4 is 5.63 Å². The van der Waals surface area contributed by atoms with Gasteiger partial charge in [0.25, 0.3) is 0 Å². The number of phenols is 1. The molecule has 0 bridgehead atoms. The first-order valence-electron chi connectivity index (χ1n) is 7.98. The molecular weight excluding hydrogens is 318 g/mol. The smallest absolute Gasteiger partial charge is 0.336 e. The van der Waals surface area contributed by atoms with Gasteiger partial charge >= 0.3 is 5.63 Å². The average molecular weight is 333 g/mol. The van der Waals surface area contributed by atoms with E-state index in [4.69, 9.17) is 8.94 Å². The molecule has 4 aromatic rings. The van der Waals surface area contributed by atoms with Crippen LogP contribution in [0.25, 0.3) is 33.4 Å². The molecule has 0 aliphatic heterocycles. The van der Waals surface area contributed by atoms with Crippen LogP contribution in [0.1, 0.15) is 12.5 Å². The Morgan fingerprint density at radius 1 is 1.12 bits per heavy atom. The molecule has 0 radical (unpaired) electrons. The van der Waals surface area contributed by atoms with E-state index in [2.05, 4.69) is 5.16 Å². The second-order valence-electron chi connectivity index (χ2n) is 5.71. The second-order valence-corrected chi connectivity index (χ2v) is 5.71. The van der Waals surface area contributed by atoms with Gasteiger partial charge in [-0.05, 0) is 29.2 Å². The molecule has 1 N–H and O–H groups in total. The zero-order valence-corrected chi connectivity index (χ0v) is 13.5. The van der Waals surface area contributed by atoms with Gasteiger partial charge < -0.3 is 14.0 Å². The van der Waals surface area contributed by atoms with Gasteiger partial charge in [0, 0.05) is 17.5 Å². The number of hydrogen-bond donors (Lipinski definition) is 1. The first-order chi connectivity index (χ1) is 12.2. The quantitative estimate of drug-likeness (QED) is 0.563. The Morgan fingerprint density at radius 2 is 1.92 bits per heavy atom. The molecule has 0 saturated carbocycles. The first kappa shape index (κ1) is 15.2. The van der Waals surface area contributed by atoms with Gasteiger partial charge in [0.1, 0.15) is 11.3 Å². The maximum atomic E-state index is 12.2. The zero-order chi connectivity index (χ0) is 17.4. The predicted molar refractivity (Wildman–Crippen MR) is 94.5 cm³/mol. The third-order valence-electron chi connectivity index (χ3n) is 4.24. The molecule has 0 spiro atoms. The van der Waals surface area contributed by atoms with Gasteiger partial charge in [0.2, 0.25) is 0 Å². The van der Waals surface area contributed by atoms with Gasteiger partial charge in [0.05, 0.1) is 6.20 Å². The van der Waals surface area contributed by atoms with Crippen molar-refractivity contribution in [2.75, 3.05) is 0 Å². The van der Waals surface area contributed by atoms with Crippen molar-refractivity contribution in [3.05, 3.63) is 70.7 Å². The number of aromatic nitrogens is 1. The number of nitrogens with zero attached hydrogens (tertiary/aromatic N) is 1. The molecule has 0 amide bonds. The molecule has 0 atom stereocenters. The number of benzene rings is 2. The number of rotatable bonds is 3. The van der Waals surface area contributed by atoms with Crippen molar-refractivity contribution >= 4 is 11.0 Å². The van der Waals surface area contributed by atoms with Crippen LogP contribution in [-0.2, 0) is 6.42 Å². The molecule has 0 saturated heterocycles. The van der Waals surface area contributed by atoms with Crippen molar-refractivity contribution in [2.24, 2.45) is 0 Å². The predicted octanol–water partition coefficient (Wildman–Crippen LogP) is 4.38. The van der Waals surface area contributed by atoms with Crippen LogP contribution in [0.3, 0.4) is 0 Å². The summed E-state index contributed by atoms with van der Waals surface area (Å²) in [7, 11) is 0. The Labute approximate surface area is 143 Å². The summed E-state index contributed by atoms with van der Waals surface area (Å²) in [6.45, 7) is 1.95. The van der Waals surface area contributed by atoms with Crippen LogP contribution in [-0.4, -0.2) is 10.3 Å². The fourth-order valence-electron chi connectivity index (χ4n) is 3.04. The van der Waals surface area contributed by atoms with Gasteiger partial charge in [-0.25, -0.2) is 4.79 Å². The number of phenolic OH excluding ortho intramolecular Hbond substituents is 1. The summed E-state index contributed by atoms with van der Waals surface area (Å²) in [4.78, 5) is 12.2. The Kier molecular flexibility index (Phi) is 3.61. The molecule has 0 fully saturated rings. The van der Waals surface area contributed by atoms with E-state index in [1.165, 1.54) is 12.3 Å². The monoisotopic (exact) mass is 333 g/mol. The summed E-state index contributed by atoms with van der Waals surface area (Å²) in [5, 5.41) is 15.1. The lowest BCUT2D eigenvalue weighted by atomic mass is 9.95. The Hall–Kier alpha value is -3.34. The van der Waals surface area contributed by atoms with Crippen molar-refractivity contribution < 1.29 is 14.0 Å². The number of fused-ring (bicyclic) bond motifs is 1. The van der Waals surface area contributed by atoms with Crippen LogP contribution in [0.4, 0.5) is 0 Å². The lowest BCUT2D eigenvalue weighted by Crippen LogP contribution is -2.00. The summed E-state index contributed by atoms with van der Waals surface area (Å²) in [6.07, 6.45) is 2.11. The van der Waals surface area contributed by atoms with E-state index in [-0.39, 0.29) is 11.3 Å². The summed E-state index contributed by atoms with van der Waals surface area (Å²) in [5.74, 6) is 0.395. The summed E-state index contributed by atoms with van der Waals surface area (Å²) < 4.78 is 10.7. The number of hydrogen-bond acceptors (Lipinski definition) is 5. The molecular formula is C20H15NO4. The molecule has 2 heterocycles. The first-order valence-corrected chi connectivity index (χ1v) is 7.98. The van der Waals surface area contributed by atoms with E-state index in [9.17, 15) is 9.90 Å². The molecule has 25 heavy (non-hydrogen) atoms. The van der Waals surface area contributed by atoms with E-state index >= 15 is 0 Å². The minimum absolute atomic E-state index is 0.0418. The molecule has 5 heteroatoms. The highest BCUT2D eigenvalue weighted by Crippen LogP contribution is 2.41. The Morgan fingerprint density at radius 3 is 2.60 bits per heavy atom. The second kappa shape index (κ2) is 5.94. The molecule has 0 unspecified atom stereocenters. The molecule has 0 aliphatic rings. The third-order valence-corrected chi connectivity index (χ3v) is 4.24. The molecule has 2 aromatic carbocycles. The van der Waals surface area contributed by atoms with Crippen LogP contribution in [0.5, 0.6) is 5.75 Å². The van der Waals surface area contributed by atoms with Crippen molar-refractivity contribution in [1.82, 2.24) is 5.16 Å². The SMILES string of the molecule is CCc1cc2c(-c3ccccc3)cc(=O)oc2c(-c2ccno2)c1O. The fraction of sp³-hybridized carbons (Fsp3) is 0.100.